The van der Waals surface area contributed by atoms with Crippen LogP contribution in [0.1, 0.15) is 26.3 Å². The van der Waals surface area contributed by atoms with E-state index in [2.05, 4.69) is 0 Å². The minimum absolute atomic E-state index is 0.0139. The lowest BCUT2D eigenvalue weighted by Gasteiger charge is -2.15. The quantitative estimate of drug-likeness (QED) is 0.792. The smallest absolute Gasteiger partial charge is 0.338 e. The summed E-state index contributed by atoms with van der Waals surface area (Å²) in [4.78, 5) is 24.2. The molecular weight excluding hydrogens is 330 g/mol. The Balaban J connectivity index is 1.68. The molecule has 1 aliphatic rings. The summed E-state index contributed by atoms with van der Waals surface area (Å²) in [5.41, 5.74) is 1.44. The largest absolute Gasteiger partial charge is 0.460 e. The SMILES string of the molecule is Cc1cccc(C(=O)OCCN2C(=O)c3ccccc3S2(=O)=O)c1. The third-order valence-electron chi connectivity index (χ3n) is 3.69. The van der Waals surface area contributed by atoms with Crippen LogP contribution in [0.15, 0.2) is 53.4 Å². The molecule has 0 spiro atoms. The van der Waals surface area contributed by atoms with Crippen LogP contribution in [0.5, 0.6) is 0 Å². The molecule has 0 radical (unpaired) electrons. The van der Waals surface area contributed by atoms with Gasteiger partial charge in [-0.3, -0.25) is 4.79 Å². The van der Waals surface area contributed by atoms with E-state index in [1.54, 1.807) is 30.3 Å². The molecule has 124 valence electrons. The van der Waals surface area contributed by atoms with E-state index in [1.807, 2.05) is 13.0 Å². The predicted molar refractivity (Wildman–Crippen MR) is 86.1 cm³/mol. The molecular formula is C17H15NO5S. The number of esters is 1. The molecule has 7 heteroatoms. The van der Waals surface area contributed by atoms with Crippen LogP contribution in [0.3, 0.4) is 0 Å². The number of hydrogen-bond donors (Lipinski definition) is 0. The van der Waals surface area contributed by atoms with Gasteiger partial charge in [-0.1, -0.05) is 29.8 Å². The van der Waals surface area contributed by atoms with Gasteiger partial charge < -0.3 is 4.74 Å². The third kappa shape index (κ3) is 2.78. The lowest BCUT2D eigenvalue weighted by molar-refractivity contribution is 0.0477. The number of fused-ring (bicyclic) bond motifs is 1. The fourth-order valence-corrected chi connectivity index (χ4v) is 4.08. The minimum atomic E-state index is -3.87. The number of carbonyl (C=O) groups is 2. The van der Waals surface area contributed by atoms with Crippen molar-refractivity contribution < 1.29 is 22.7 Å². The second-order valence-corrected chi connectivity index (χ2v) is 7.21. The van der Waals surface area contributed by atoms with Gasteiger partial charge in [0.2, 0.25) is 0 Å². The van der Waals surface area contributed by atoms with Gasteiger partial charge in [-0.15, -0.1) is 0 Å². The summed E-state index contributed by atoms with van der Waals surface area (Å²) < 4.78 is 30.5. The molecule has 0 bridgehead atoms. The Morgan fingerprint density at radius 2 is 1.88 bits per heavy atom. The van der Waals surface area contributed by atoms with Gasteiger partial charge in [0, 0.05) is 0 Å². The molecule has 1 amide bonds. The van der Waals surface area contributed by atoms with E-state index >= 15 is 0 Å². The van der Waals surface area contributed by atoms with Gasteiger partial charge >= 0.3 is 5.97 Å². The number of sulfonamides is 1. The van der Waals surface area contributed by atoms with Crippen LogP contribution >= 0.6 is 0 Å². The van der Waals surface area contributed by atoms with Crippen molar-refractivity contribution in [3.8, 4) is 0 Å². The molecule has 2 aromatic rings. The van der Waals surface area contributed by atoms with E-state index < -0.39 is 21.9 Å². The highest BCUT2D eigenvalue weighted by Gasteiger charge is 2.40. The first-order valence-corrected chi connectivity index (χ1v) is 8.75. The normalized spacial score (nSPS) is 15.2. The van der Waals surface area contributed by atoms with Crippen LogP contribution < -0.4 is 0 Å². The van der Waals surface area contributed by atoms with E-state index in [0.29, 0.717) is 5.56 Å². The Kier molecular flexibility index (Phi) is 4.11. The summed E-state index contributed by atoms with van der Waals surface area (Å²) in [5.74, 6) is -1.16. The fraction of sp³-hybridized carbons (Fsp3) is 0.176. The number of hydrogen-bond acceptors (Lipinski definition) is 5. The molecule has 1 heterocycles. The maximum Gasteiger partial charge on any atom is 0.338 e. The number of amides is 1. The summed E-state index contributed by atoms with van der Waals surface area (Å²) >= 11 is 0. The summed E-state index contributed by atoms with van der Waals surface area (Å²) in [6.07, 6.45) is 0. The third-order valence-corrected chi connectivity index (χ3v) is 5.53. The number of carbonyl (C=O) groups excluding carboxylic acids is 2. The van der Waals surface area contributed by atoms with E-state index in [1.165, 1.54) is 12.1 Å². The van der Waals surface area contributed by atoms with Crippen LogP contribution in [0.4, 0.5) is 0 Å². The van der Waals surface area contributed by atoms with Crippen molar-refractivity contribution in [2.24, 2.45) is 0 Å². The molecule has 0 saturated heterocycles. The zero-order valence-electron chi connectivity index (χ0n) is 12.9. The van der Waals surface area contributed by atoms with Crippen LogP contribution in [-0.4, -0.2) is 37.8 Å². The lowest BCUT2D eigenvalue weighted by Crippen LogP contribution is -2.33. The topological polar surface area (TPSA) is 80.8 Å². The molecule has 0 aromatic heterocycles. The lowest BCUT2D eigenvalue weighted by atomic mass is 10.1. The zero-order chi connectivity index (χ0) is 17.3. The van der Waals surface area contributed by atoms with E-state index in [9.17, 15) is 18.0 Å². The monoisotopic (exact) mass is 345 g/mol. The Bertz CT molecular complexity index is 920. The highest BCUT2D eigenvalue weighted by atomic mass is 32.2. The highest BCUT2D eigenvalue weighted by molar-refractivity contribution is 7.90. The van der Waals surface area contributed by atoms with Gasteiger partial charge in [-0.2, -0.15) is 0 Å². The molecule has 0 N–H and O–H groups in total. The molecule has 6 nitrogen and oxygen atoms in total. The van der Waals surface area contributed by atoms with Crippen molar-refractivity contribution in [2.75, 3.05) is 13.2 Å². The minimum Gasteiger partial charge on any atom is -0.460 e. The average Bonchev–Trinajstić information content (AvgIpc) is 2.76. The predicted octanol–water partition coefficient (Wildman–Crippen LogP) is 2.00. The van der Waals surface area contributed by atoms with Crippen LogP contribution in [0.2, 0.25) is 0 Å². The second-order valence-electron chi connectivity index (χ2n) is 5.38. The Morgan fingerprint density at radius 3 is 2.58 bits per heavy atom. The van der Waals surface area contributed by atoms with Crippen molar-refractivity contribution in [3.63, 3.8) is 0 Å². The Hall–Kier alpha value is -2.67. The van der Waals surface area contributed by atoms with Gasteiger partial charge in [0.05, 0.1) is 17.7 Å². The van der Waals surface area contributed by atoms with Crippen molar-refractivity contribution in [2.45, 2.75) is 11.8 Å². The number of benzene rings is 2. The van der Waals surface area contributed by atoms with Gasteiger partial charge in [-0.25, -0.2) is 17.5 Å². The van der Waals surface area contributed by atoms with E-state index in [0.717, 1.165) is 9.87 Å². The van der Waals surface area contributed by atoms with Crippen LogP contribution in [0, 0.1) is 6.92 Å². The highest BCUT2D eigenvalue weighted by Crippen LogP contribution is 2.29. The number of ether oxygens (including phenoxy) is 1. The summed E-state index contributed by atoms with van der Waals surface area (Å²) in [6, 6.07) is 12.9. The van der Waals surface area contributed by atoms with Gasteiger partial charge in [-0.05, 0) is 31.2 Å². The standard InChI is InChI=1S/C17H15NO5S/c1-12-5-4-6-13(11-12)17(20)23-10-9-18-16(19)14-7-2-3-8-15(14)24(18,21)22/h2-8,11H,9-10H2,1H3. The summed E-state index contributed by atoms with van der Waals surface area (Å²) in [6.45, 7) is 1.43. The first kappa shape index (κ1) is 16.2. The maximum atomic E-state index is 12.3. The zero-order valence-corrected chi connectivity index (χ0v) is 13.7. The van der Waals surface area contributed by atoms with Gasteiger partial charge in [0.15, 0.2) is 0 Å². The van der Waals surface area contributed by atoms with Crippen LogP contribution in [-0.2, 0) is 14.8 Å². The Labute approximate surface area is 139 Å². The van der Waals surface area contributed by atoms with Crippen LogP contribution in [0.25, 0.3) is 0 Å². The van der Waals surface area contributed by atoms with Gasteiger partial charge in [0.1, 0.15) is 11.5 Å². The fourth-order valence-electron chi connectivity index (χ4n) is 2.53. The van der Waals surface area contributed by atoms with Crippen molar-refractivity contribution in [1.29, 1.82) is 0 Å². The number of aryl methyl sites for hydroxylation is 1. The van der Waals surface area contributed by atoms with Crippen molar-refractivity contribution >= 4 is 21.9 Å². The van der Waals surface area contributed by atoms with Crippen molar-refractivity contribution in [1.82, 2.24) is 4.31 Å². The summed E-state index contributed by atoms with van der Waals surface area (Å²) in [7, 11) is -3.87. The molecule has 24 heavy (non-hydrogen) atoms. The molecule has 0 atom stereocenters. The maximum absolute atomic E-state index is 12.3. The average molecular weight is 345 g/mol. The van der Waals surface area contributed by atoms with Crippen molar-refractivity contribution in [3.05, 3.63) is 65.2 Å². The molecule has 0 aliphatic carbocycles. The molecule has 0 unspecified atom stereocenters. The molecule has 0 saturated carbocycles. The van der Waals surface area contributed by atoms with E-state index in [4.69, 9.17) is 4.74 Å². The second kappa shape index (κ2) is 6.09. The Morgan fingerprint density at radius 1 is 1.12 bits per heavy atom. The first-order valence-electron chi connectivity index (χ1n) is 7.31. The molecule has 3 rings (SSSR count). The van der Waals surface area contributed by atoms with Gasteiger partial charge in [0.25, 0.3) is 15.9 Å². The number of rotatable bonds is 4. The molecule has 2 aromatic carbocycles. The summed E-state index contributed by atoms with van der Waals surface area (Å²) in [5, 5.41) is 0. The molecule has 0 fully saturated rings. The first-order chi connectivity index (χ1) is 11.4. The molecule has 1 aliphatic heterocycles. The van der Waals surface area contributed by atoms with E-state index in [-0.39, 0.29) is 23.6 Å². The number of nitrogens with zero attached hydrogens (tertiary/aromatic N) is 1.